The summed E-state index contributed by atoms with van der Waals surface area (Å²) in [5.41, 5.74) is 3.05. The van der Waals surface area contributed by atoms with Crippen LogP contribution in [0.5, 0.6) is 17.2 Å². The first-order valence-corrected chi connectivity index (χ1v) is 14.6. The maximum atomic E-state index is 14.4. The molecular formula is C34H39N3O5. The second kappa shape index (κ2) is 13.5. The standard InChI is InChI=1S/C34H39N3O5/c1-4-42-27-17-15-26(16-18-27)37(32(38)21-24-22-35-29-13-9-8-12-28(24)29)33(34(39)36-25-10-6-5-7-11-25)23-14-19-30(40-2)31(20-23)41-3/h8-9,12-20,22,25,33,35H,4-7,10-11,21H2,1-3H3,(H,36,39)/t33-/m1/s1. The van der Waals surface area contributed by atoms with Crippen LogP contribution < -0.4 is 24.4 Å². The van der Waals surface area contributed by atoms with E-state index >= 15 is 0 Å². The monoisotopic (exact) mass is 569 g/mol. The Kier molecular flexibility index (Phi) is 9.31. The van der Waals surface area contributed by atoms with Gasteiger partial charge < -0.3 is 24.5 Å². The number of fused-ring (bicyclic) bond motifs is 1. The molecule has 1 aliphatic rings. The normalized spacial score (nSPS) is 14.3. The van der Waals surface area contributed by atoms with Crippen molar-refractivity contribution in [3.63, 3.8) is 0 Å². The number of anilines is 1. The molecule has 1 fully saturated rings. The number of hydrogen-bond acceptors (Lipinski definition) is 5. The van der Waals surface area contributed by atoms with E-state index in [-0.39, 0.29) is 24.3 Å². The minimum absolute atomic E-state index is 0.0693. The van der Waals surface area contributed by atoms with Crippen molar-refractivity contribution in [2.24, 2.45) is 0 Å². The van der Waals surface area contributed by atoms with Gasteiger partial charge in [-0.25, -0.2) is 0 Å². The van der Waals surface area contributed by atoms with E-state index in [0.29, 0.717) is 35.1 Å². The van der Waals surface area contributed by atoms with Crippen LogP contribution in [0.3, 0.4) is 0 Å². The molecule has 0 bridgehead atoms. The third kappa shape index (κ3) is 6.38. The van der Waals surface area contributed by atoms with Gasteiger partial charge in [-0.2, -0.15) is 0 Å². The molecule has 0 unspecified atom stereocenters. The van der Waals surface area contributed by atoms with Crippen LogP contribution in [-0.4, -0.2) is 43.7 Å². The molecule has 1 heterocycles. The van der Waals surface area contributed by atoms with Crippen molar-refractivity contribution < 1.29 is 23.8 Å². The van der Waals surface area contributed by atoms with Crippen LogP contribution in [0.25, 0.3) is 10.9 Å². The van der Waals surface area contributed by atoms with E-state index in [1.54, 1.807) is 31.3 Å². The predicted molar refractivity (Wildman–Crippen MR) is 164 cm³/mol. The Bertz CT molecular complexity index is 1510. The number of rotatable bonds is 11. The molecule has 220 valence electrons. The summed E-state index contributed by atoms with van der Waals surface area (Å²) in [4.78, 5) is 33.5. The number of nitrogens with zero attached hydrogens (tertiary/aromatic N) is 1. The van der Waals surface area contributed by atoms with Gasteiger partial charge in [0.15, 0.2) is 11.5 Å². The number of benzene rings is 3. The van der Waals surface area contributed by atoms with Crippen molar-refractivity contribution in [1.29, 1.82) is 0 Å². The van der Waals surface area contributed by atoms with Gasteiger partial charge in [0.05, 0.1) is 27.2 Å². The second-order valence-electron chi connectivity index (χ2n) is 10.6. The lowest BCUT2D eigenvalue weighted by molar-refractivity contribution is -0.127. The molecule has 0 saturated heterocycles. The number of H-pyrrole nitrogens is 1. The van der Waals surface area contributed by atoms with Crippen molar-refractivity contribution in [1.82, 2.24) is 10.3 Å². The molecule has 1 aliphatic carbocycles. The topological polar surface area (TPSA) is 92.9 Å². The van der Waals surface area contributed by atoms with E-state index < -0.39 is 6.04 Å². The molecule has 4 aromatic rings. The molecule has 1 saturated carbocycles. The van der Waals surface area contributed by atoms with Crippen molar-refractivity contribution in [3.05, 3.63) is 84.1 Å². The highest BCUT2D eigenvalue weighted by molar-refractivity contribution is 6.03. The highest BCUT2D eigenvalue weighted by Crippen LogP contribution is 2.36. The van der Waals surface area contributed by atoms with Crippen LogP contribution in [0.15, 0.2) is 72.9 Å². The van der Waals surface area contributed by atoms with E-state index in [1.807, 2.05) is 67.7 Å². The number of methoxy groups -OCH3 is 2. The number of ether oxygens (including phenoxy) is 3. The van der Waals surface area contributed by atoms with Crippen LogP contribution in [0.4, 0.5) is 5.69 Å². The number of aromatic nitrogens is 1. The highest BCUT2D eigenvalue weighted by Gasteiger charge is 2.35. The van der Waals surface area contributed by atoms with Crippen LogP contribution >= 0.6 is 0 Å². The van der Waals surface area contributed by atoms with Crippen molar-refractivity contribution in [3.8, 4) is 17.2 Å². The summed E-state index contributed by atoms with van der Waals surface area (Å²) in [5, 5.41) is 4.25. The minimum Gasteiger partial charge on any atom is -0.494 e. The fourth-order valence-corrected chi connectivity index (χ4v) is 5.80. The Morgan fingerprint density at radius 1 is 0.952 bits per heavy atom. The summed E-state index contributed by atoms with van der Waals surface area (Å²) >= 11 is 0. The van der Waals surface area contributed by atoms with Gasteiger partial charge in [0.1, 0.15) is 11.8 Å². The third-order valence-electron chi connectivity index (χ3n) is 7.89. The zero-order chi connectivity index (χ0) is 29.5. The first-order chi connectivity index (χ1) is 20.5. The summed E-state index contributed by atoms with van der Waals surface area (Å²) in [6.07, 6.45) is 7.16. The van der Waals surface area contributed by atoms with Crippen LogP contribution in [0.1, 0.15) is 56.2 Å². The molecule has 1 aromatic heterocycles. The molecule has 3 aromatic carbocycles. The third-order valence-corrected chi connectivity index (χ3v) is 7.89. The molecule has 1 atom stereocenters. The predicted octanol–water partition coefficient (Wildman–Crippen LogP) is 6.35. The van der Waals surface area contributed by atoms with Crippen LogP contribution in [0, 0.1) is 0 Å². The smallest absolute Gasteiger partial charge is 0.248 e. The number of carbonyl (C=O) groups excluding carboxylic acids is 2. The molecule has 8 nitrogen and oxygen atoms in total. The van der Waals surface area contributed by atoms with E-state index in [2.05, 4.69) is 10.3 Å². The van der Waals surface area contributed by atoms with Crippen molar-refractivity contribution in [2.45, 2.75) is 57.5 Å². The lowest BCUT2D eigenvalue weighted by atomic mass is 9.94. The average Bonchev–Trinajstić information content (AvgIpc) is 3.43. The number of nitrogens with one attached hydrogen (secondary N) is 2. The van der Waals surface area contributed by atoms with Gasteiger partial charge >= 0.3 is 0 Å². The Balaban J connectivity index is 1.59. The molecule has 42 heavy (non-hydrogen) atoms. The summed E-state index contributed by atoms with van der Waals surface area (Å²) in [5.74, 6) is 1.30. The molecule has 2 N–H and O–H groups in total. The van der Waals surface area contributed by atoms with Crippen LogP contribution in [0.2, 0.25) is 0 Å². The van der Waals surface area contributed by atoms with Crippen molar-refractivity contribution in [2.75, 3.05) is 25.7 Å². The van der Waals surface area contributed by atoms with Gasteiger partial charge in [0, 0.05) is 28.8 Å². The molecule has 0 radical (unpaired) electrons. The number of carbonyl (C=O) groups is 2. The van der Waals surface area contributed by atoms with Gasteiger partial charge in [-0.1, -0.05) is 43.5 Å². The second-order valence-corrected chi connectivity index (χ2v) is 10.6. The summed E-state index contributed by atoms with van der Waals surface area (Å²) < 4.78 is 16.7. The lowest BCUT2D eigenvalue weighted by Crippen LogP contribution is -2.47. The van der Waals surface area contributed by atoms with Crippen molar-refractivity contribution >= 4 is 28.4 Å². The van der Waals surface area contributed by atoms with Gasteiger partial charge in [-0.15, -0.1) is 0 Å². The number of para-hydroxylation sites is 1. The zero-order valence-corrected chi connectivity index (χ0v) is 24.5. The SMILES string of the molecule is CCOc1ccc(N(C(=O)Cc2c[nH]c3ccccc23)[C@@H](C(=O)NC2CCCCC2)c2ccc(OC)c(OC)c2)cc1. The fraction of sp³-hybridized carbons (Fsp3) is 0.353. The fourth-order valence-electron chi connectivity index (χ4n) is 5.80. The molecule has 8 heteroatoms. The average molecular weight is 570 g/mol. The summed E-state index contributed by atoms with van der Waals surface area (Å²) in [7, 11) is 3.13. The maximum absolute atomic E-state index is 14.4. The summed E-state index contributed by atoms with van der Waals surface area (Å²) in [6, 6.07) is 19.7. The number of hydrogen-bond donors (Lipinski definition) is 2. The summed E-state index contributed by atoms with van der Waals surface area (Å²) in [6.45, 7) is 2.45. The first kappa shape index (κ1) is 29.0. The number of aromatic amines is 1. The molecule has 5 rings (SSSR count). The van der Waals surface area contributed by atoms with Gasteiger partial charge in [-0.3, -0.25) is 14.5 Å². The van der Waals surface area contributed by atoms with Crippen LogP contribution in [-0.2, 0) is 16.0 Å². The Morgan fingerprint density at radius 3 is 2.40 bits per heavy atom. The molecule has 0 aliphatic heterocycles. The highest BCUT2D eigenvalue weighted by atomic mass is 16.5. The largest absolute Gasteiger partial charge is 0.494 e. The first-order valence-electron chi connectivity index (χ1n) is 14.6. The Hall–Kier alpha value is -4.46. The molecule has 0 spiro atoms. The lowest BCUT2D eigenvalue weighted by Gasteiger charge is -2.34. The quantitative estimate of drug-likeness (QED) is 0.220. The van der Waals surface area contributed by atoms with E-state index in [4.69, 9.17) is 14.2 Å². The van der Waals surface area contributed by atoms with E-state index in [0.717, 1.165) is 42.1 Å². The Labute approximate surface area is 247 Å². The molecular weight excluding hydrogens is 530 g/mol. The number of amides is 2. The maximum Gasteiger partial charge on any atom is 0.248 e. The minimum atomic E-state index is -0.942. The van der Waals surface area contributed by atoms with E-state index in [1.165, 1.54) is 6.42 Å². The molecule has 2 amide bonds. The Morgan fingerprint density at radius 2 is 1.69 bits per heavy atom. The van der Waals surface area contributed by atoms with Gasteiger partial charge in [-0.05, 0) is 73.4 Å². The zero-order valence-electron chi connectivity index (χ0n) is 24.5. The van der Waals surface area contributed by atoms with Gasteiger partial charge in [0.25, 0.3) is 0 Å². The van der Waals surface area contributed by atoms with Gasteiger partial charge in [0.2, 0.25) is 11.8 Å². The van der Waals surface area contributed by atoms with E-state index in [9.17, 15) is 9.59 Å².